The number of carbonyl (C=O) groups excluding carboxylic acids is 3. The van der Waals surface area contributed by atoms with Crippen LogP contribution in [0.3, 0.4) is 0 Å². The zero-order valence-corrected chi connectivity index (χ0v) is 20.2. The molecule has 0 aliphatic carbocycles. The van der Waals surface area contributed by atoms with Gasteiger partial charge in [0, 0.05) is 31.5 Å². The molecule has 2 aromatic carbocycles. The number of hydrogen-bond donors (Lipinski definition) is 3. The molecule has 3 rings (SSSR count). The van der Waals surface area contributed by atoms with E-state index in [2.05, 4.69) is 20.4 Å². The number of rotatable bonds is 10. The van der Waals surface area contributed by atoms with Crippen LogP contribution in [0.2, 0.25) is 0 Å². The first-order valence-corrected chi connectivity index (χ1v) is 11.2. The molecule has 184 valence electrons. The number of ether oxygens (including phenoxy) is 2. The van der Waals surface area contributed by atoms with Crippen LogP contribution in [0.1, 0.15) is 22.3 Å². The molecule has 0 bridgehead atoms. The molecule has 1 heterocycles. The number of esters is 1. The molecule has 0 aliphatic heterocycles. The van der Waals surface area contributed by atoms with Crippen molar-refractivity contribution in [3.8, 4) is 0 Å². The van der Waals surface area contributed by atoms with Crippen LogP contribution in [0.15, 0.2) is 47.3 Å². The van der Waals surface area contributed by atoms with E-state index in [0.717, 1.165) is 0 Å². The van der Waals surface area contributed by atoms with E-state index in [-0.39, 0.29) is 35.1 Å². The van der Waals surface area contributed by atoms with E-state index in [9.17, 15) is 19.2 Å². The van der Waals surface area contributed by atoms with Gasteiger partial charge in [0.15, 0.2) is 4.77 Å². The fourth-order valence-corrected chi connectivity index (χ4v) is 3.65. The number of fused-ring (bicyclic) bond motifs is 1. The van der Waals surface area contributed by atoms with Crippen LogP contribution in [-0.4, -0.2) is 54.7 Å². The van der Waals surface area contributed by atoms with Gasteiger partial charge in [-0.15, -0.1) is 0 Å². The highest BCUT2D eigenvalue weighted by molar-refractivity contribution is 7.71. The van der Waals surface area contributed by atoms with Gasteiger partial charge < -0.3 is 25.1 Å². The van der Waals surface area contributed by atoms with Crippen LogP contribution in [0.25, 0.3) is 10.9 Å². The van der Waals surface area contributed by atoms with Gasteiger partial charge in [0.25, 0.3) is 11.5 Å². The summed E-state index contributed by atoms with van der Waals surface area (Å²) < 4.78 is 11.3. The maximum Gasteiger partial charge on any atom is 0.325 e. The summed E-state index contributed by atoms with van der Waals surface area (Å²) in [7, 11) is 2.84. The normalized spacial score (nSPS) is 10.7. The van der Waals surface area contributed by atoms with Crippen LogP contribution in [0, 0.1) is 4.77 Å². The van der Waals surface area contributed by atoms with Gasteiger partial charge in [-0.2, -0.15) is 0 Å². The Hall–Kier alpha value is -3.83. The number of aromatic nitrogens is 2. The Kier molecular flexibility index (Phi) is 8.87. The predicted molar refractivity (Wildman–Crippen MR) is 133 cm³/mol. The first-order chi connectivity index (χ1) is 16.8. The van der Waals surface area contributed by atoms with Crippen LogP contribution < -0.4 is 16.2 Å². The van der Waals surface area contributed by atoms with Crippen LogP contribution in [0.5, 0.6) is 0 Å². The number of hydrogen-bond acceptors (Lipinski definition) is 7. The number of benzene rings is 2. The number of anilines is 1. The summed E-state index contributed by atoms with van der Waals surface area (Å²) in [5.74, 6) is -1.21. The molecule has 0 spiro atoms. The number of amides is 2. The van der Waals surface area contributed by atoms with E-state index in [1.165, 1.54) is 11.7 Å². The van der Waals surface area contributed by atoms with Gasteiger partial charge in [-0.3, -0.25) is 23.7 Å². The molecule has 0 unspecified atom stereocenters. The molecule has 35 heavy (non-hydrogen) atoms. The van der Waals surface area contributed by atoms with Crippen LogP contribution in [-0.2, 0) is 32.0 Å². The molecule has 0 aliphatic rings. The summed E-state index contributed by atoms with van der Waals surface area (Å²) in [6, 6.07) is 11.5. The minimum atomic E-state index is -0.528. The van der Waals surface area contributed by atoms with Gasteiger partial charge in [0.1, 0.15) is 6.54 Å². The SMILES string of the molecule is COCCCn1c(=S)[nH]c2cc(C(=O)Nc3ccc(CC(=O)NCC(=O)OC)cc3)ccc2c1=O. The zero-order chi connectivity index (χ0) is 25.4. The largest absolute Gasteiger partial charge is 0.468 e. The molecule has 0 radical (unpaired) electrons. The highest BCUT2D eigenvalue weighted by atomic mass is 32.1. The summed E-state index contributed by atoms with van der Waals surface area (Å²) in [5, 5.41) is 5.69. The van der Waals surface area contributed by atoms with Crippen molar-refractivity contribution in [1.82, 2.24) is 14.9 Å². The quantitative estimate of drug-likeness (QED) is 0.222. The average molecular weight is 499 g/mol. The van der Waals surface area contributed by atoms with E-state index < -0.39 is 5.97 Å². The van der Waals surface area contributed by atoms with Crippen molar-refractivity contribution in [1.29, 1.82) is 0 Å². The summed E-state index contributed by atoms with van der Waals surface area (Å²) in [5.41, 5.74) is 1.86. The predicted octanol–water partition coefficient (Wildman–Crippen LogP) is 2.18. The van der Waals surface area contributed by atoms with E-state index in [0.29, 0.717) is 47.3 Å². The molecule has 3 aromatic rings. The van der Waals surface area contributed by atoms with Gasteiger partial charge in [0.05, 0.1) is 24.4 Å². The minimum absolute atomic E-state index is 0.0815. The fourth-order valence-electron chi connectivity index (χ4n) is 3.37. The lowest BCUT2D eigenvalue weighted by Gasteiger charge is -2.10. The summed E-state index contributed by atoms with van der Waals surface area (Å²) >= 11 is 5.32. The molecule has 1 aromatic heterocycles. The number of carbonyl (C=O) groups is 3. The van der Waals surface area contributed by atoms with Gasteiger partial charge in [-0.1, -0.05) is 12.1 Å². The molecule has 3 N–H and O–H groups in total. The lowest BCUT2D eigenvalue weighted by molar-refractivity contribution is -0.141. The molecule has 10 nitrogen and oxygen atoms in total. The van der Waals surface area contributed by atoms with Gasteiger partial charge in [-0.05, 0) is 54.5 Å². The Morgan fingerprint density at radius 1 is 1.09 bits per heavy atom. The number of nitrogens with one attached hydrogen (secondary N) is 3. The maximum absolute atomic E-state index is 12.8. The van der Waals surface area contributed by atoms with E-state index in [1.807, 2.05) is 0 Å². The zero-order valence-electron chi connectivity index (χ0n) is 19.4. The first-order valence-electron chi connectivity index (χ1n) is 10.8. The first kappa shape index (κ1) is 25.8. The lowest BCUT2D eigenvalue weighted by atomic mass is 10.1. The molecule has 0 saturated carbocycles. The standard InChI is InChI=1S/C24H26N4O6S/c1-33-11-3-10-28-23(32)18-9-6-16(13-19(18)27-24(28)35)22(31)26-17-7-4-15(5-8-17)12-20(29)25-14-21(30)34-2/h4-9,13H,3,10-12,14H2,1-2H3,(H,25,29)(H,26,31)(H,27,35). The Labute approximate surface area is 206 Å². The smallest absolute Gasteiger partial charge is 0.325 e. The second kappa shape index (κ2) is 12.0. The van der Waals surface area contributed by atoms with E-state index in [4.69, 9.17) is 17.0 Å². The summed E-state index contributed by atoms with van der Waals surface area (Å²) in [4.78, 5) is 51.6. The van der Waals surface area contributed by atoms with Crippen LogP contribution in [0.4, 0.5) is 5.69 Å². The second-order valence-electron chi connectivity index (χ2n) is 7.67. The van der Waals surface area contributed by atoms with Gasteiger partial charge in [0.2, 0.25) is 5.91 Å². The Morgan fingerprint density at radius 2 is 1.83 bits per heavy atom. The van der Waals surface area contributed by atoms with Crippen molar-refractivity contribution >= 4 is 46.6 Å². The van der Waals surface area contributed by atoms with Crippen molar-refractivity contribution in [3.05, 3.63) is 68.7 Å². The van der Waals surface area contributed by atoms with Crippen molar-refractivity contribution < 1.29 is 23.9 Å². The third-order valence-corrected chi connectivity index (χ3v) is 5.53. The summed E-state index contributed by atoms with van der Waals surface area (Å²) in [6.45, 7) is 0.756. The van der Waals surface area contributed by atoms with Crippen molar-refractivity contribution in [2.45, 2.75) is 19.4 Å². The molecule has 11 heteroatoms. The Balaban J connectivity index is 1.67. The topological polar surface area (TPSA) is 132 Å². The number of nitrogens with zero attached hydrogens (tertiary/aromatic N) is 1. The average Bonchev–Trinajstić information content (AvgIpc) is 2.85. The molecule has 2 amide bonds. The molecule has 0 atom stereocenters. The molecular weight excluding hydrogens is 472 g/mol. The van der Waals surface area contributed by atoms with Crippen molar-refractivity contribution in [2.75, 3.05) is 32.7 Å². The minimum Gasteiger partial charge on any atom is -0.468 e. The molecular formula is C24H26N4O6S. The number of aromatic amines is 1. The van der Waals surface area contributed by atoms with E-state index in [1.54, 1.807) is 49.6 Å². The lowest BCUT2D eigenvalue weighted by Crippen LogP contribution is -2.31. The third-order valence-electron chi connectivity index (χ3n) is 5.21. The number of H-pyrrole nitrogens is 1. The Bertz CT molecular complexity index is 1350. The fraction of sp³-hybridized carbons (Fsp3) is 0.292. The second-order valence-corrected chi connectivity index (χ2v) is 8.06. The highest BCUT2D eigenvalue weighted by Gasteiger charge is 2.12. The monoisotopic (exact) mass is 498 g/mol. The number of methoxy groups -OCH3 is 2. The van der Waals surface area contributed by atoms with E-state index >= 15 is 0 Å². The van der Waals surface area contributed by atoms with Gasteiger partial charge >= 0.3 is 5.97 Å². The van der Waals surface area contributed by atoms with Crippen molar-refractivity contribution in [3.63, 3.8) is 0 Å². The molecule has 0 saturated heterocycles. The maximum atomic E-state index is 12.8. The highest BCUT2D eigenvalue weighted by Crippen LogP contribution is 2.15. The molecule has 0 fully saturated rings. The van der Waals surface area contributed by atoms with Crippen LogP contribution >= 0.6 is 12.2 Å². The van der Waals surface area contributed by atoms with Gasteiger partial charge in [-0.25, -0.2) is 0 Å². The third kappa shape index (κ3) is 6.84. The Morgan fingerprint density at radius 3 is 2.51 bits per heavy atom. The summed E-state index contributed by atoms with van der Waals surface area (Å²) in [6.07, 6.45) is 0.731. The van der Waals surface area contributed by atoms with Crippen molar-refractivity contribution in [2.24, 2.45) is 0 Å².